The second-order valence-corrected chi connectivity index (χ2v) is 4.35. The van der Waals surface area contributed by atoms with E-state index in [-0.39, 0.29) is 5.75 Å². The van der Waals surface area contributed by atoms with Gasteiger partial charge in [0.15, 0.2) is 0 Å². The van der Waals surface area contributed by atoms with Gasteiger partial charge in [-0.15, -0.1) is 0 Å². The zero-order chi connectivity index (χ0) is 12.7. The Balaban J connectivity index is 2.29. The highest BCUT2D eigenvalue weighted by atomic mass is 16.5. The number of aromatic nitrogens is 1. The van der Waals surface area contributed by atoms with Crippen LogP contribution >= 0.6 is 0 Å². The van der Waals surface area contributed by atoms with E-state index in [1.165, 1.54) is 6.20 Å². The van der Waals surface area contributed by atoms with Gasteiger partial charge in [-0.25, -0.2) is 0 Å². The summed E-state index contributed by atoms with van der Waals surface area (Å²) in [6.45, 7) is 3.33. The van der Waals surface area contributed by atoms with Crippen molar-refractivity contribution in [3.05, 3.63) is 24.0 Å². The maximum atomic E-state index is 9.96. The maximum Gasteiger partial charge on any atom is 0.133 e. The molecule has 1 unspecified atom stereocenters. The third-order valence-corrected chi connectivity index (χ3v) is 2.47. The van der Waals surface area contributed by atoms with Crippen molar-refractivity contribution < 1.29 is 14.9 Å². The van der Waals surface area contributed by atoms with Gasteiger partial charge in [-0.05, 0) is 19.1 Å². The van der Waals surface area contributed by atoms with Crippen LogP contribution in [0, 0.1) is 0 Å². The molecule has 1 atom stereocenters. The topological polar surface area (TPSA) is 74.6 Å². The van der Waals surface area contributed by atoms with Crippen molar-refractivity contribution in [1.82, 2.24) is 10.3 Å². The van der Waals surface area contributed by atoms with Crippen molar-refractivity contribution >= 4 is 0 Å². The Labute approximate surface area is 101 Å². The van der Waals surface area contributed by atoms with Crippen molar-refractivity contribution in [1.29, 1.82) is 0 Å². The highest BCUT2D eigenvalue weighted by Gasteiger charge is 2.19. The summed E-state index contributed by atoms with van der Waals surface area (Å²) in [5.41, 5.74) is 0.0396. The molecule has 0 aliphatic rings. The van der Waals surface area contributed by atoms with Gasteiger partial charge < -0.3 is 20.3 Å². The van der Waals surface area contributed by atoms with E-state index in [4.69, 9.17) is 9.84 Å². The van der Waals surface area contributed by atoms with Crippen molar-refractivity contribution in [2.45, 2.75) is 25.5 Å². The van der Waals surface area contributed by atoms with E-state index in [0.29, 0.717) is 26.1 Å². The summed E-state index contributed by atoms with van der Waals surface area (Å²) in [5, 5.41) is 22.2. The molecule has 0 bridgehead atoms. The molecule has 1 aromatic rings. The molecule has 0 spiro atoms. The van der Waals surface area contributed by atoms with Gasteiger partial charge >= 0.3 is 0 Å². The summed E-state index contributed by atoms with van der Waals surface area (Å²) in [7, 11) is 1.61. The Morgan fingerprint density at radius 3 is 2.82 bits per heavy atom. The average Bonchev–Trinajstić information content (AvgIpc) is 2.29. The van der Waals surface area contributed by atoms with E-state index in [1.807, 2.05) is 0 Å². The highest BCUT2D eigenvalue weighted by molar-refractivity contribution is 5.17. The second-order valence-electron chi connectivity index (χ2n) is 4.35. The monoisotopic (exact) mass is 240 g/mol. The standard InChI is InChI=1S/C12H20N2O3/c1-12(16,5-6-17-2)9-13-7-10-3-4-11(15)8-14-10/h3-4,8,13,15-16H,5-7,9H2,1-2H3. The Morgan fingerprint density at radius 2 is 2.24 bits per heavy atom. The van der Waals surface area contributed by atoms with Crippen LogP contribution in [-0.4, -0.2) is 41.1 Å². The van der Waals surface area contributed by atoms with Crippen LogP contribution in [0.1, 0.15) is 19.0 Å². The van der Waals surface area contributed by atoms with Crippen LogP contribution in [0.15, 0.2) is 18.3 Å². The summed E-state index contributed by atoms with van der Waals surface area (Å²) >= 11 is 0. The molecule has 1 heterocycles. The number of aromatic hydroxyl groups is 1. The Morgan fingerprint density at radius 1 is 1.47 bits per heavy atom. The highest BCUT2D eigenvalue weighted by Crippen LogP contribution is 2.09. The van der Waals surface area contributed by atoms with Crippen molar-refractivity contribution in [3.8, 4) is 5.75 Å². The predicted molar refractivity (Wildman–Crippen MR) is 64.7 cm³/mol. The molecule has 17 heavy (non-hydrogen) atoms. The lowest BCUT2D eigenvalue weighted by Crippen LogP contribution is -2.38. The van der Waals surface area contributed by atoms with E-state index in [9.17, 15) is 5.11 Å². The Bertz CT molecular complexity index is 325. The summed E-state index contributed by atoms with van der Waals surface area (Å²) in [6, 6.07) is 3.33. The molecular weight excluding hydrogens is 220 g/mol. The zero-order valence-corrected chi connectivity index (χ0v) is 10.3. The van der Waals surface area contributed by atoms with Gasteiger partial charge in [0.1, 0.15) is 5.75 Å². The minimum Gasteiger partial charge on any atom is -0.506 e. The number of methoxy groups -OCH3 is 1. The lowest BCUT2D eigenvalue weighted by Gasteiger charge is -2.23. The predicted octanol–water partition coefficient (Wildman–Crippen LogP) is 0.664. The smallest absolute Gasteiger partial charge is 0.133 e. The first-order valence-electron chi connectivity index (χ1n) is 5.59. The van der Waals surface area contributed by atoms with Gasteiger partial charge in [0.05, 0.1) is 17.5 Å². The van der Waals surface area contributed by atoms with Crippen molar-refractivity contribution in [3.63, 3.8) is 0 Å². The number of ether oxygens (including phenoxy) is 1. The molecular formula is C12H20N2O3. The van der Waals surface area contributed by atoms with E-state index in [2.05, 4.69) is 10.3 Å². The molecule has 1 rings (SSSR count). The molecule has 0 amide bonds. The SMILES string of the molecule is COCCC(C)(O)CNCc1ccc(O)cn1. The number of hydrogen-bond donors (Lipinski definition) is 3. The third kappa shape index (κ3) is 5.63. The second kappa shape index (κ2) is 6.54. The Kier molecular flexibility index (Phi) is 5.34. The molecule has 3 N–H and O–H groups in total. The minimum atomic E-state index is -0.785. The van der Waals surface area contributed by atoms with Gasteiger partial charge in [0, 0.05) is 33.2 Å². The van der Waals surface area contributed by atoms with Crippen LogP contribution in [0.2, 0.25) is 0 Å². The molecule has 1 aromatic heterocycles. The largest absolute Gasteiger partial charge is 0.506 e. The average molecular weight is 240 g/mol. The summed E-state index contributed by atoms with van der Waals surface area (Å²) in [4.78, 5) is 4.04. The van der Waals surface area contributed by atoms with Gasteiger partial charge in [-0.1, -0.05) is 0 Å². The summed E-state index contributed by atoms with van der Waals surface area (Å²) < 4.78 is 4.93. The number of pyridine rings is 1. The maximum absolute atomic E-state index is 9.96. The fourth-order valence-corrected chi connectivity index (χ4v) is 1.39. The van der Waals surface area contributed by atoms with Crippen LogP contribution < -0.4 is 5.32 Å². The lowest BCUT2D eigenvalue weighted by molar-refractivity contribution is 0.0247. The molecule has 5 nitrogen and oxygen atoms in total. The van der Waals surface area contributed by atoms with Crippen LogP contribution in [0.5, 0.6) is 5.75 Å². The first-order chi connectivity index (χ1) is 8.03. The number of hydrogen-bond acceptors (Lipinski definition) is 5. The number of nitrogens with zero attached hydrogens (tertiary/aromatic N) is 1. The van der Waals surface area contributed by atoms with Crippen molar-refractivity contribution in [2.75, 3.05) is 20.3 Å². The first kappa shape index (κ1) is 13.9. The van der Waals surface area contributed by atoms with E-state index in [1.54, 1.807) is 26.2 Å². The van der Waals surface area contributed by atoms with Crippen molar-refractivity contribution in [2.24, 2.45) is 0 Å². The van der Waals surface area contributed by atoms with E-state index < -0.39 is 5.60 Å². The van der Waals surface area contributed by atoms with Crippen LogP contribution in [0.25, 0.3) is 0 Å². The molecule has 0 aromatic carbocycles. The molecule has 0 saturated heterocycles. The van der Waals surface area contributed by atoms with E-state index >= 15 is 0 Å². The van der Waals surface area contributed by atoms with Gasteiger partial charge in [0.2, 0.25) is 0 Å². The minimum absolute atomic E-state index is 0.154. The van der Waals surface area contributed by atoms with Gasteiger partial charge in [-0.3, -0.25) is 4.98 Å². The summed E-state index contributed by atoms with van der Waals surface area (Å²) in [5.74, 6) is 0.154. The van der Waals surface area contributed by atoms with Gasteiger partial charge in [0.25, 0.3) is 0 Å². The lowest BCUT2D eigenvalue weighted by atomic mass is 10.0. The van der Waals surface area contributed by atoms with E-state index in [0.717, 1.165) is 5.69 Å². The number of rotatable bonds is 7. The number of nitrogens with one attached hydrogen (secondary N) is 1. The molecule has 0 aliphatic carbocycles. The molecule has 0 radical (unpaired) electrons. The van der Waals surface area contributed by atoms with Crippen LogP contribution in [0.4, 0.5) is 0 Å². The fraction of sp³-hybridized carbons (Fsp3) is 0.583. The first-order valence-corrected chi connectivity index (χ1v) is 5.59. The van der Waals surface area contributed by atoms with Gasteiger partial charge in [-0.2, -0.15) is 0 Å². The number of aliphatic hydroxyl groups is 1. The molecule has 96 valence electrons. The summed E-state index contributed by atoms with van der Waals surface area (Å²) in [6.07, 6.45) is 1.99. The Hall–Kier alpha value is -1.17. The third-order valence-electron chi connectivity index (χ3n) is 2.47. The molecule has 0 fully saturated rings. The molecule has 0 aliphatic heterocycles. The van der Waals surface area contributed by atoms with Crippen LogP contribution in [-0.2, 0) is 11.3 Å². The molecule has 0 saturated carbocycles. The molecule has 5 heteroatoms. The fourth-order valence-electron chi connectivity index (χ4n) is 1.39. The zero-order valence-electron chi connectivity index (χ0n) is 10.3. The normalized spacial score (nSPS) is 14.5. The quantitative estimate of drug-likeness (QED) is 0.653. The van der Waals surface area contributed by atoms with Crippen LogP contribution in [0.3, 0.4) is 0 Å².